The van der Waals surface area contributed by atoms with Crippen LogP contribution in [0.3, 0.4) is 0 Å². The van der Waals surface area contributed by atoms with Gasteiger partial charge in [-0.2, -0.15) is 5.26 Å². The van der Waals surface area contributed by atoms with E-state index < -0.39 is 0 Å². The second-order valence-electron chi connectivity index (χ2n) is 12.1. The zero-order chi connectivity index (χ0) is 23.6. The van der Waals surface area contributed by atoms with Gasteiger partial charge in [0.1, 0.15) is 0 Å². The summed E-state index contributed by atoms with van der Waals surface area (Å²) in [5, 5.41) is 13.1. The standard InChI is InChI=1S/C29H42N2.C2H6.2H2/c1-19-10-12-24-22(16-19)11-13-26-25(24)14-15-29(3)27(8-5-9-28(26)29)20(2)31-23-7-4-6-21(17-23)18-30;1-2;;/h4,6-7,17,19-20,22,24-28,31H,5,8-16H2,1-3H3;1-2H3;2*1H/t19-,20-,22+,24-,25?,26+,27+,28?,29+;;;/m0.../s1. The second-order valence-corrected chi connectivity index (χ2v) is 12.1. The largest absolute Gasteiger partial charge is 0.382 e. The third-order valence-electron chi connectivity index (χ3n) is 10.5. The van der Waals surface area contributed by atoms with Crippen molar-refractivity contribution in [3.63, 3.8) is 0 Å². The van der Waals surface area contributed by atoms with Gasteiger partial charge in [0.15, 0.2) is 0 Å². The Labute approximate surface area is 206 Å². The summed E-state index contributed by atoms with van der Waals surface area (Å²) >= 11 is 0. The van der Waals surface area contributed by atoms with E-state index in [1.807, 2.05) is 32.0 Å². The highest BCUT2D eigenvalue weighted by Gasteiger charge is 2.56. The lowest BCUT2D eigenvalue weighted by Gasteiger charge is -2.61. The van der Waals surface area contributed by atoms with Crippen LogP contribution in [-0.2, 0) is 0 Å². The maximum Gasteiger partial charge on any atom is 0.0992 e. The van der Waals surface area contributed by atoms with E-state index in [0.29, 0.717) is 11.5 Å². The molecule has 0 bridgehead atoms. The van der Waals surface area contributed by atoms with Crippen molar-refractivity contribution >= 4 is 5.69 Å². The number of benzene rings is 1. The van der Waals surface area contributed by atoms with Crippen LogP contribution in [0.4, 0.5) is 5.69 Å². The lowest BCUT2D eigenvalue weighted by Crippen LogP contribution is -2.55. The van der Waals surface area contributed by atoms with E-state index in [0.717, 1.165) is 52.7 Å². The second kappa shape index (κ2) is 10.4. The predicted octanol–water partition coefficient (Wildman–Crippen LogP) is 9.17. The fourth-order valence-electron chi connectivity index (χ4n) is 9.19. The molecule has 0 spiro atoms. The lowest BCUT2D eigenvalue weighted by atomic mass is 9.44. The Kier molecular flexibility index (Phi) is 7.77. The van der Waals surface area contributed by atoms with Crippen molar-refractivity contribution in [2.45, 2.75) is 105 Å². The molecular weight excluding hydrogens is 400 g/mol. The Morgan fingerprint density at radius 3 is 2.61 bits per heavy atom. The Hall–Kier alpha value is -1.49. The van der Waals surface area contributed by atoms with Crippen LogP contribution in [0, 0.1) is 58.2 Å². The molecule has 2 nitrogen and oxygen atoms in total. The molecule has 0 aromatic heterocycles. The van der Waals surface area contributed by atoms with Crippen LogP contribution in [0.2, 0.25) is 0 Å². The normalized spacial score (nSPS) is 40.5. The van der Waals surface area contributed by atoms with Gasteiger partial charge in [0.25, 0.3) is 0 Å². The molecule has 2 unspecified atom stereocenters. The van der Waals surface area contributed by atoms with E-state index in [-0.39, 0.29) is 2.85 Å². The Morgan fingerprint density at radius 2 is 1.82 bits per heavy atom. The highest BCUT2D eigenvalue weighted by Crippen LogP contribution is 2.63. The maximum absolute atomic E-state index is 9.27. The average Bonchev–Trinajstić information content (AvgIpc) is 2.84. The van der Waals surface area contributed by atoms with Gasteiger partial charge >= 0.3 is 0 Å². The molecule has 0 heterocycles. The molecule has 5 rings (SSSR count). The quantitative estimate of drug-likeness (QED) is 0.496. The molecule has 9 atom stereocenters. The Morgan fingerprint density at radius 1 is 1.03 bits per heavy atom. The first kappa shape index (κ1) is 24.6. The number of nitriles is 1. The number of hydrogen-bond donors (Lipinski definition) is 1. The minimum atomic E-state index is 0. The first-order valence-electron chi connectivity index (χ1n) is 14.3. The van der Waals surface area contributed by atoms with Crippen molar-refractivity contribution in [2.75, 3.05) is 5.32 Å². The van der Waals surface area contributed by atoms with Crippen LogP contribution in [0.25, 0.3) is 0 Å². The van der Waals surface area contributed by atoms with Gasteiger partial charge in [0.2, 0.25) is 0 Å². The number of nitrogens with one attached hydrogen (secondary N) is 1. The summed E-state index contributed by atoms with van der Waals surface area (Å²) in [5.41, 5.74) is 2.35. The third-order valence-corrected chi connectivity index (χ3v) is 10.5. The molecule has 2 heteroatoms. The highest BCUT2D eigenvalue weighted by atomic mass is 14.9. The van der Waals surface area contributed by atoms with Crippen LogP contribution >= 0.6 is 0 Å². The van der Waals surface area contributed by atoms with Gasteiger partial charge in [0.05, 0.1) is 11.6 Å². The highest BCUT2D eigenvalue weighted by molar-refractivity contribution is 5.49. The van der Waals surface area contributed by atoms with Crippen molar-refractivity contribution in [3.8, 4) is 6.07 Å². The number of fused-ring (bicyclic) bond motifs is 5. The monoisotopic (exact) mass is 452 g/mol. The Balaban J connectivity index is 0.00000105. The molecule has 4 saturated carbocycles. The van der Waals surface area contributed by atoms with Crippen molar-refractivity contribution < 1.29 is 2.85 Å². The summed E-state index contributed by atoms with van der Waals surface area (Å²) in [6.07, 6.45) is 14.7. The number of nitrogens with zero attached hydrogens (tertiary/aromatic N) is 1. The van der Waals surface area contributed by atoms with E-state index in [4.69, 9.17) is 0 Å². The molecular formula is C31H52N2. The zero-order valence-electron chi connectivity index (χ0n) is 21.9. The van der Waals surface area contributed by atoms with E-state index >= 15 is 0 Å². The molecule has 0 aliphatic heterocycles. The topological polar surface area (TPSA) is 35.8 Å². The minimum Gasteiger partial charge on any atom is -0.382 e. The smallest absolute Gasteiger partial charge is 0.0992 e. The van der Waals surface area contributed by atoms with E-state index in [1.54, 1.807) is 0 Å². The predicted molar refractivity (Wildman–Crippen MR) is 144 cm³/mol. The summed E-state index contributed by atoms with van der Waals surface area (Å²) in [6.45, 7) is 11.6. The van der Waals surface area contributed by atoms with Crippen molar-refractivity contribution in [3.05, 3.63) is 29.8 Å². The summed E-state index contributed by atoms with van der Waals surface area (Å²) in [4.78, 5) is 0. The molecule has 0 radical (unpaired) electrons. The first-order chi connectivity index (χ1) is 16.0. The number of hydrogen-bond acceptors (Lipinski definition) is 2. The SMILES string of the molecule is CC.C[C@H]1CC[C@@H]2C3CC[C@@]4(C)C(CCC[C@@H]4[C@H](C)Nc4cccc(C#N)c4)[C@@H]3CC[C@@H]2C1.[HH].[HH]. The molecule has 4 aliphatic carbocycles. The average molecular weight is 453 g/mol. The van der Waals surface area contributed by atoms with Gasteiger partial charge in [0, 0.05) is 14.6 Å². The van der Waals surface area contributed by atoms with Gasteiger partial charge in [-0.25, -0.2) is 0 Å². The maximum atomic E-state index is 9.27. The molecule has 4 fully saturated rings. The molecule has 0 saturated heterocycles. The molecule has 33 heavy (non-hydrogen) atoms. The van der Waals surface area contributed by atoms with E-state index in [2.05, 4.69) is 38.2 Å². The van der Waals surface area contributed by atoms with Crippen LogP contribution in [0.1, 0.15) is 107 Å². The van der Waals surface area contributed by atoms with Gasteiger partial charge < -0.3 is 5.32 Å². The molecule has 186 valence electrons. The lowest BCUT2D eigenvalue weighted by molar-refractivity contribution is -0.112. The molecule has 1 aromatic carbocycles. The fourth-order valence-corrected chi connectivity index (χ4v) is 9.19. The van der Waals surface area contributed by atoms with Gasteiger partial charge in [-0.05, 0) is 123 Å². The van der Waals surface area contributed by atoms with E-state index in [9.17, 15) is 5.26 Å². The van der Waals surface area contributed by atoms with Crippen LogP contribution in [0.15, 0.2) is 24.3 Å². The van der Waals surface area contributed by atoms with Crippen molar-refractivity contribution in [1.29, 1.82) is 5.26 Å². The summed E-state index contributed by atoms with van der Waals surface area (Å²) in [6, 6.07) is 10.8. The van der Waals surface area contributed by atoms with Gasteiger partial charge in [-0.3, -0.25) is 0 Å². The zero-order valence-corrected chi connectivity index (χ0v) is 21.9. The van der Waals surface area contributed by atoms with E-state index in [1.165, 1.54) is 64.2 Å². The fraction of sp³-hybridized carbons (Fsp3) is 0.774. The molecule has 1 aromatic rings. The Bertz CT molecular complexity index is 836. The summed E-state index contributed by atoms with van der Waals surface area (Å²) in [5.74, 6) is 6.74. The molecule has 4 aliphatic rings. The summed E-state index contributed by atoms with van der Waals surface area (Å²) < 4.78 is 0. The number of anilines is 1. The van der Waals surface area contributed by atoms with Crippen LogP contribution in [0.5, 0.6) is 0 Å². The molecule has 1 N–H and O–H groups in total. The van der Waals surface area contributed by atoms with Crippen molar-refractivity contribution in [2.24, 2.45) is 46.8 Å². The van der Waals surface area contributed by atoms with Crippen LogP contribution in [-0.4, -0.2) is 6.04 Å². The first-order valence-corrected chi connectivity index (χ1v) is 14.3. The minimum absolute atomic E-state index is 0. The van der Waals surface area contributed by atoms with Crippen molar-refractivity contribution in [1.82, 2.24) is 0 Å². The van der Waals surface area contributed by atoms with Gasteiger partial charge in [-0.15, -0.1) is 0 Å². The number of rotatable bonds is 3. The summed E-state index contributed by atoms with van der Waals surface area (Å²) in [7, 11) is 0. The third kappa shape index (κ3) is 4.72. The van der Waals surface area contributed by atoms with Crippen LogP contribution < -0.4 is 5.32 Å². The van der Waals surface area contributed by atoms with Gasteiger partial charge in [-0.1, -0.05) is 46.6 Å². The molecule has 0 amide bonds.